The zero-order valence-electron chi connectivity index (χ0n) is 7.21. The van der Waals surface area contributed by atoms with Crippen molar-refractivity contribution in [2.45, 2.75) is 19.4 Å². The standard InChI is InChI=1S/C9H14N2O/c1-2-11-9(12)7-4-3-5-8(10)6-7/h3-4,6,8H,2,5,10H2,1H3,(H,11,12). The van der Waals surface area contributed by atoms with Crippen LogP contribution in [0.25, 0.3) is 0 Å². The Labute approximate surface area is 72.3 Å². The molecule has 66 valence electrons. The van der Waals surface area contributed by atoms with E-state index in [4.69, 9.17) is 5.73 Å². The van der Waals surface area contributed by atoms with Gasteiger partial charge in [-0.05, 0) is 13.3 Å². The molecule has 1 amide bonds. The van der Waals surface area contributed by atoms with Crippen LogP contribution in [-0.2, 0) is 4.79 Å². The summed E-state index contributed by atoms with van der Waals surface area (Å²) in [5.41, 5.74) is 6.33. The third kappa shape index (κ3) is 2.20. The maximum absolute atomic E-state index is 11.3. The summed E-state index contributed by atoms with van der Waals surface area (Å²) in [6.07, 6.45) is 6.36. The van der Waals surface area contributed by atoms with Crippen LogP contribution >= 0.6 is 0 Å². The molecule has 3 heteroatoms. The molecule has 0 heterocycles. The van der Waals surface area contributed by atoms with Gasteiger partial charge in [0.25, 0.3) is 5.91 Å². The summed E-state index contributed by atoms with van der Waals surface area (Å²) < 4.78 is 0. The van der Waals surface area contributed by atoms with Gasteiger partial charge in [-0.25, -0.2) is 0 Å². The molecule has 1 atom stereocenters. The van der Waals surface area contributed by atoms with Crippen LogP contribution in [0, 0.1) is 0 Å². The molecule has 0 aromatic heterocycles. The lowest BCUT2D eigenvalue weighted by Gasteiger charge is -2.11. The zero-order valence-corrected chi connectivity index (χ0v) is 7.21. The van der Waals surface area contributed by atoms with E-state index in [0.29, 0.717) is 12.1 Å². The number of carbonyl (C=O) groups is 1. The second kappa shape index (κ2) is 4.07. The van der Waals surface area contributed by atoms with Gasteiger partial charge in [-0.15, -0.1) is 0 Å². The molecule has 0 saturated heterocycles. The lowest BCUT2D eigenvalue weighted by atomic mass is 10.0. The molecule has 0 spiro atoms. The minimum atomic E-state index is -0.0381. The monoisotopic (exact) mass is 166 g/mol. The van der Waals surface area contributed by atoms with Crippen LogP contribution in [0.2, 0.25) is 0 Å². The first-order valence-electron chi connectivity index (χ1n) is 4.16. The second-order valence-corrected chi connectivity index (χ2v) is 2.78. The quantitative estimate of drug-likeness (QED) is 0.621. The Morgan fingerprint density at radius 1 is 1.83 bits per heavy atom. The fourth-order valence-electron chi connectivity index (χ4n) is 1.12. The SMILES string of the molecule is CCNC(=O)C1=CC(N)CC=C1. The molecule has 12 heavy (non-hydrogen) atoms. The molecular formula is C9H14N2O. The highest BCUT2D eigenvalue weighted by molar-refractivity contribution is 5.96. The lowest BCUT2D eigenvalue weighted by Crippen LogP contribution is -2.27. The predicted octanol–water partition coefficient (Wildman–Crippen LogP) is 0.336. The molecule has 0 aromatic rings. The zero-order chi connectivity index (χ0) is 8.97. The van der Waals surface area contributed by atoms with Gasteiger partial charge in [0.1, 0.15) is 0 Å². The molecular weight excluding hydrogens is 152 g/mol. The van der Waals surface area contributed by atoms with Crippen molar-refractivity contribution in [3.63, 3.8) is 0 Å². The van der Waals surface area contributed by atoms with E-state index in [2.05, 4.69) is 5.32 Å². The van der Waals surface area contributed by atoms with Gasteiger partial charge >= 0.3 is 0 Å². The lowest BCUT2D eigenvalue weighted by molar-refractivity contribution is -0.117. The molecule has 1 aliphatic rings. The molecule has 1 unspecified atom stereocenters. The average molecular weight is 166 g/mol. The Balaban J connectivity index is 2.61. The number of nitrogens with two attached hydrogens (primary N) is 1. The third-order valence-corrected chi connectivity index (χ3v) is 1.70. The van der Waals surface area contributed by atoms with Crippen LogP contribution in [0.1, 0.15) is 13.3 Å². The first kappa shape index (κ1) is 9.00. The van der Waals surface area contributed by atoms with Gasteiger partial charge in [-0.2, -0.15) is 0 Å². The van der Waals surface area contributed by atoms with Crippen LogP contribution in [0.3, 0.4) is 0 Å². The summed E-state index contributed by atoms with van der Waals surface area (Å²) in [5, 5.41) is 2.72. The second-order valence-electron chi connectivity index (χ2n) is 2.78. The summed E-state index contributed by atoms with van der Waals surface area (Å²) in [7, 11) is 0. The van der Waals surface area contributed by atoms with Crippen LogP contribution in [-0.4, -0.2) is 18.5 Å². The number of carbonyl (C=O) groups excluding carboxylic acids is 1. The van der Waals surface area contributed by atoms with Gasteiger partial charge in [-0.3, -0.25) is 4.79 Å². The van der Waals surface area contributed by atoms with E-state index in [1.54, 1.807) is 6.08 Å². The summed E-state index contributed by atoms with van der Waals surface area (Å²) in [6, 6.07) is -0.00685. The fourth-order valence-corrected chi connectivity index (χ4v) is 1.12. The van der Waals surface area contributed by atoms with Crippen molar-refractivity contribution in [3.05, 3.63) is 23.8 Å². The topological polar surface area (TPSA) is 55.1 Å². The highest BCUT2D eigenvalue weighted by Crippen LogP contribution is 2.08. The maximum atomic E-state index is 11.3. The third-order valence-electron chi connectivity index (χ3n) is 1.70. The maximum Gasteiger partial charge on any atom is 0.250 e. The molecule has 1 rings (SSSR count). The van der Waals surface area contributed by atoms with E-state index < -0.39 is 0 Å². The summed E-state index contributed by atoms with van der Waals surface area (Å²) in [6.45, 7) is 2.55. The molecule has 3 N–H and O–H groups in total. The number of likely N-dealkylation sites (N-methyl/N-ethyl adjacent to an activating group) is 1. The first-order chi connectivity index (χ1) is 5.74. The van der Waals surface area contributed by atoms with Crippen molar-refractivity contribution >= 4 is 5.91 Å². The first-order valence-corrected chi connectivity index (χ1v) is 4.16. The summed E-state index contributed by atoms with van der Waals surface area (Å²) in [4.78, 5) is 11.3. The smallest absolute Gasteiger partial charge is 0.250 e. The summed E-state index contributed by atoms with van der Waals surface area (Å²) in [5.74, 6) is -0.0381. The Morgan fingerprint density at radius 2 is 2.58 bits per heavy atom. The van der Waals surface area contributed by atoms with Gasteiger partial charge in [0.15, 0.2) is 0 Å². The number of nitrogens with one attached hydrogen (secondary N) is 1. The molecule has 0 bridgehead atoms. The van der Waals surface area contributed by atoms with Crippen LogP contribution < -0.4 is 11.1 Å². The van der Waals surface area contributed by atoms with E-state index in [1.165, 1.54) is 0 Å². The van der Waals surface area contributed by atoms with Crippen molar-refractivity contribution < 1.29 is 4.79 Å². The highest BCUT2D eigenvalue weighted by atomic mass is 16.1. The fraction of sp³-hybridized carbons (Fsp3) is 0.444. The predicted molar refractivity (Wildman–Crippen MR) is 48.5 cm³/mol. The highest BCUT2D eigenvalue weighted by Gasteiger charge is 2.10. The molecule has 0 aromatic carbocycles. The molecule has 0 radical (unpaired) electrons. The molecule has 0 saturated carbocycles. The minimum absolute atomic E-state index is 0.00685. The number of hydrogen-bond donors (Lipinski definition) is 2. The molecule has 1 aliphatic carbocycles. The van der Waals surface area contributed by atoms with Crippen LogP contribution in [0.15, 0.2) is 23.8 Å². The summed E-state index contributed by atoms with van der Waals surface area (Å²) >= 11 is 0. The van der Waals surface area contributed by atoms with Gasteiger partial charge in [-0.1, -0.05) is 18.2 Å². The Bertz CT molecular complexity index is 231. The molecule has 3 nitrogen and oxygen atoms in total. The number of hydrogen-bond acceptors (Lipinski definition) is 2. The Kier molecular flexibility index (Phi) is 3.05. The van der Waals surface area contributed by atoms with Crippen molar-refractivity contribution in [2.75, 3.05) is 6.54 Å². The van der Waals surface area contributed by atoms with E-state index >= 15 is 0 Å². The largest absolute Gasteiger partial charge is 0.352 e. The Hall–Kier alpha value is -1.09. The van der Waals surface area contributed by atoms with Gasteiger partial charge < -0.3 is 11.1 Å². The minimum Gasteiger partial charge on any atom is -0.352 e. The van der Waals surface area contributed by atoms with E-state index in [9.17, 15) is 4.79 Å². The molecule has 0 fully saturated rings. The number of amides is 1. The van der Waals surface area contributed by atoms with Crippen molar-refractivity contribution in [1.29, 1.82) is 0 Å². The van der Waals surface area contributed by atoms with E-state index in [0.717, 1.165) is 6.42 Å². The van der Waals surface area contributed by atoms with Gasteiger partial charge in [0, 0.05) is 18.2 Å². The van der Waals surface area contributed by atoms with Crippen molar-refractivity contribution in [3.8, 4) is 0 Å². The average Bonchev–Trinajstić information content (AvgIpc) is 2.05. The number of rotatable bonds is 2. The Morgan fingerprint density at radius 3 is 3.17 bits per heavy atom. The van der Waals surface area contributed by atoms with Crippen LogP contribution in [0.5, 0.6) is 0 Å². The van der Waals surface area contributed by atoms with Crippen molar-refractivity contribution in [2.24, 2.45) is 5.73 Å². The van der Waals surface area contributed by atoms with Crippen LogP contribution in [0.4, 0.5) is 0 Å². The van der Waals surface area contributed by atoms with Crippen molar-refractivity contribution in [1.82, 2.24) is 5.32 Å². The van der Waals surface area contributed by atoms with Gasteiger partial charge in [0.05, 0.1) is 0 Å². The van der Waals surface area contributed by atoms with Gasteiger partial charge in [0.2, 0.25) is 0 Å². The van der Waals surface area contributed by atoms with E-state index in [1.807, 2.05) is 19.1 Å². The van der Waals surface area contributed by atoms with E-state index in [-0.39, 0.29) is 11.9 Å². The normalized spacial score (nSPS) is 21.8. The molecule has 0 aliphatic heterocycles.